The molecule has 1 aliphatic carbocycles. The van der Waals surface area contributed by atoms with Crippen LogP contribution < -0.4 is 11.0 Å². The SMILES string of the molecule is O=C(CN1CCC(n2c(=O)[nH]c3ccccc32)CC1)NC1=NC2CCc3cc(O)ccc3C2C1. The first-order valence-electron chi connectivity index (χ1n) is 12.1. The Morgan fingerprint density at radius 2 is 1.97 bits per heavy atom. The fourth-order valence-corrected chi connectivity index (χ4v) is 6.00. The summed E-state index contributed by atoms with van der Waals surface area (Å²) in [6.45, 7) is 1.89. The molecule has 1 aromatic heterocycles. The maximum absolute atomic E-state index is 12.8. The van der Waals surface area contributed by atoms with E-state index >= 15 is 0 Å². The summed E-state index contributed by atoms with van der Waals surface area (Å²) in [5, 5.41) is 12.8. The Morgan fingerprint density at radius 1 is 1.15 bits per heavy atom. The number of phenolic OH excluding ortho intramolecular Hbond substituents is 1. The summed E-state index contributed by atoms with van der Waals surface area (Å²) in [6.07, 6.45) is 4.26. The van der Waals surface area contributed by atoms with E-state index in [1.54, 1.807) is 6.07 Å². The summed E-state index contributed by atoms with van der Waals surface area (Å²) in [4.78, 5) is 35.2. The van der Waals surface area contributed by atoms with Gasteiger partial charge in [0.25, 0.3) is 0 Å². The summed E-state index contributed by atoms with van der Waals surface area (Å²) in [5.41, 5.74) is 4.19. The molecule has 0 spiro atoms. The number of piperidine rings is 1. The Labute approximate surface area is 197 Å². The van der Waals surface area contributed by atoms with Crippen molar-refractivity contribution in [3.8, 4) is 5.75 Å². The molecule has 3 aromatic rings. The Balaban J connectivity index is 1.05. The molecule has 3 aliphatic rings. The van der Waals surface area contributed by atoms with Gasteiger partial charge in [-0.3, -0.25) is 19.3 Å². The van der Waals surface area contributed by atoms with Crippen LogP contribution in [-0.4, -0.2) is 57.0 Å². The first-order chi connectivity index (χ1) is 16.5. The van der Waals surface area contributed by atoms with Crippen molar-refractivity contribution in [3.63, 3.8) is 0 Å². The number of carbonyl (C=O) groups is 1. The third-order valence-corrected chi connectivity index (χ3v) is 7.63. The predicted octanol–water partition coefficient (Wildman–Crippen LogP) is 2.69. The molecule has 3 heterocycles. The molecule has 1 saturated heterocycles. The molecular formula is C26H29N5O3. The smallest absolute Gasteiger partial charge is 0.326 e. The molecule has 0 radical (unpaired) electrons. The maximum atomic E-state index is 12.8. The second kappa shape index (κ2) is 8.43. The number of phenols is 1. The maximum Gasteiger partial charge on any atom is 0.326 e. The van der Waals surface area contributed by atoms with Crippen LogP contribution in [0.2, 0.25) is 0 Å². The Kier molecular flexibility index (Phi) is 5.25. The number of likely N-dealkylation sites (tertiary alicyclic amines) is 1. The number of amides is 1. The van der Waals surface area contributed by atoms with Crippen molar-refractivity contribution in [3.05, 3.63) is 64.1 Å². The van der Waals surface area contributed by atoms with Crippen LogP contribution in [0.4, 0.5) is 0 Å². The third-order valence-electron chi connectivity index (χ3n) is 7.63. The number of nitrogens with zero attached hydrogens (tertiary/aromatic N) is 3. The highest BCUT2D eigenvalue weighted by atomic mass is 16.3. The van der Waals surface area contributed by atoms with Gasteiger partial charge in [0.05, 0.1) is 23.6 Å². The van der Waals surface area contributed by atoms with Gasteiger partial charge in [0.15, 0.2) is 0 Å². The molecular weight excluding hydrogens is 430 g/mol. The highest BCUT2D eigenvalue weighted by Gasteiger charge is 2.35. The van der Waals surface area contributed by atoms with Gasteiger partial charge in [0.2, 0.25) is 5.91 Å². The minimum atomic E-state index is -0.0603. The molecule has 2 aliphatic heterocycles. The molecule has 8 heteroatoms. The molecule has 0 saturated carbocycles. The zero-order valence-corrected chi connectivity index (χ0v) is 19.0. The van der Waals surface area contributed by atoms with Crippen molar-refractivity contribution in [1.82, 2.24) is 19.8 Å². The molecule has 2 atom stereocenters. The number of nitrogens with one attached hydrogen (secondary N) is 2. The van der Waals surface area contributed by atoms with Crippen LogP contribution in [-0.2, 0) is 11.2 Å². The van der Waals surface area contributed by atoms with E-state index in [1.807, 2.05) is 41.0 Å². The fourth-order valence-electron chi connectivity index (χ4n) is 6.00. The lowest BCUT2D eigenvalue weighted by atomic mass is 9.79. The van der Waals surface area contributed by atoms with Crippen molar-refractivity contribution in [1.29, 1.82) is 0 Å². The molecule has 2 unspecified atom stereocenters. The molecule has 1 fully saturated rings. The number of amidine groups is 1. The minimum absolute atomic E-state index is 0.0222. The number of para-hydroxylation sites is 2. The van der Waals surface area contributed by atoms with Gasteiger partial charge in [-0.05, 0) is 61.1 Å². The first kappa shape index (κ1) is 21.2. The fraction of sp³-hybridized carbons (Fsp3) is 0.423. The molecule has 0 bridgehead atoms. The van der Waals surface area contributed by atoms with E-state index < -0.39 is 0 Å². The monoisotopic (exact) mass is 459 g/mol. The second-order valence-corrected chi connectivity index (χ2v) is 9.75. The van der Waals surface area contributed by atoms with Gasteiger partial charge in [-0.25, -0.2) is 4.79 Å². The lowest BCUT2D eigenvalue weighted by Gasteiger charge is -2.32. The molecule has 34 heavy (non-hydrogen) atoms. The van der Waals surface area contributed by atoms with Gasteiger partial charge in [-0.2, -0.15) is 0 Å². The number of H-pyrrole nitrogens is 1. The number of aliphatic imine (C=N–C) groups is 1. The lowest BCUT2D eigenvalue weighted by molar-refractivity contribution is -0.121. The Hall–Kier alpha value is -3.39. The molecule has 2 aromatic carbocycles. The number of benzene rings is 2. The minimum Gasteiger partial charge on any atom is -0.508 e. The largest absolute Gasteiger partial charge is 0.508 e. The highest BCUT2D eigenvalue weighted by Crippen LogP contribution is 2.40. The van der Waals surface area contributed by atoms with Crippen LogP contribution >= 0.6 is 0 Å². The van der Waals surface area contributed by atoms with E-state index in [0.717, 1.165) is 62.1 Å². The first-order valence-corrected chi connectivity index (χ1v) is 12.1. The summed E-state index contributed by atoms with van der Waals surface area (Å²) in [5.74, 6) is 1.35. The van der Waals surface area contributed by atoms with Crippen LogP contribution in [0.25, 0.3) is 11.0 Å². The number of aromatic hydroxyl groups is 1. The van der Waals surface area contributed by atoms with Crippen LogP contribution in [0.3, 0.4) is 0 Å². The average molecular weight is 460 g/mol. The lowest BCUT2D eigenvalue weighted by Crippen LogP contribution is -2.44. The van der Waals surface area contributed by atoms with E-state index in [2.05, 4.69) is 15.2 Å². The second-order valence-electron chi connectivity index (χ2n) is 9.75. The number of hydrogen-bond donors (Lipinski definition) is 3. The van der Waals surface area contributed by atoms with Crippen molar-refractivity contribution in [2.75, 3.05) is 19.6 Å². The molecule has 1 amide bonds. The number of hydrogen-bond acceptors (Lipinski definition) is 5. The number of carbonyl (C=O) groups excluding carboxylic acids is 1. The van der Waals surface area contributed by atoms with Crippen LogP contribution in [0, 0.1) is 0 Å². The van der Waals surface area contributed by atoms with Gasteiger partial charge >= 0.3 is 5.69 Å². The van der Waals surface area contributed by atoms with Crippen LogP contribution in [0.5, 0.6) is 5.75 Å². The molecule has 8 nitrogen and oxygen atoms in total. The third kappa shape index (κ3) is 3.81. The number of aromatic nitrogens is 2. The highest BCUT2D eigenvalue weighted by molar-refractivity contribution is 6.00. The van der Waals surface area contributed by atoms with Crippen molar-refractivity contribution < 1.29 is 9.90 Å². The summed E-state index contributed by atoms with van der Waals surface area (Å²) in [7, 11) is 0. The van der Waals surface area contributed by atoms with E-state index in [4.69, 9.17) is 4.99 Å². The van der Waals surface area contributed by atoms with E-state index in [9.17, 15) is 14.7 Å². The quantitative estimate of drug-likeness (QED) is 0.560. The van der Waals surface area contributed by atoms with E-state index in [0.29, 0.717) is 12.3 Å². The number of aryl methyl sites for hydroxylation is 1. The molecule has 176 valence electrons. The summed E-state index contributed by atoms with van der Waals surface area (Å²) >= 11 is 0. The zero-order chi connectivity index (χ0) is 23.2. The number of rotatable bonds is 3. The van der Waals surface area contributed by atoms with Crippen LogP contribution in [0.1, 0.15) is 48.8 Å². The van der Waals surface area contributed by atoms with Gasteiger partial charge < -0.3 is 15.4 Å². The molecule has 6 rings (SSSR count). The van der Waals surface area contributed by atoms with Gasteiger partial charge in [0.1, 0.15) is 11.6 Å². The van der Waals surface area contributed by atoms with Gasteiger partial charge in [-0.15, -0.1) is 0 Å². The Bertz CT molecular complexity index is 1330. The number of aromatic amines is 1. The Morgan fingerprint density at radius 3 is 2.82 bits per heavy atom. The van der Waals surface area contributed by atoms with Crippen molar-refractivity contribution >= 4 is 22.8 Å². The van der Waals surface area contributed by atoms with Crippen molar-refractivity contribution in [2.24, 2.45) is 4.99 Å². The van der Waals surface area contributed by atoms with Gasteiger partial charge in [0, 0.05) is 31.5 Å². The summed E-state index contributed by atoms with van der Waals surface area (Å²) in [6, 6.07) is 13.7. The predicted molar refractivity (Wildman–Crippen MR) is 130 cm³/mol. The standard InChI is InChI=1S/C26H29N5O3/c32-18-6-7-19-16(13-18)5-8-21-20(19)14-24(27-21)29-25(33)15-30-11-9-17(10-12-30)31-23-4-2-1-3-22(23)28-26(31)34/h1-4,6-7,13,17,20-21,32H,5,8-12,14-15H2,(H,28,34)(H,27,29,33). The zero-order valence-electron chi connectivity index (χ0n) is 19.0. The molecule has 3 N–H and O–H groups in total. The van der Waals surface area contributed by atoms with E-state index in [1.165, 1.54) is 11.1 Å². The number of fused-ring (bicyclic) bond motifs is 4. The van der Waals surface area contributed by atoms with Crippen LogP contribution in [0.15, 0.2) is 52.3 Å². The van der Waals surface area contributed by atoms with Gasteiger partial charge in [-0.1, -0.05) is 18.2 Å². The van der Waals surface area contributed by atoms with Crippen molar-refractivity contribution in [2.45, 2.75) is 50.1 Å². The topological polar surface area (TPSA) is 103 Å². The normalized spacial score (nSPS) is 22.9. The van der Waals surface area contributed by atoms with E-state index in [-0.39, 0.29) is 29.6 Å². The number of imidazole rings is 1. The average Bonchev–Trinajstić information content (AvgIpc) is 3.39. The summed E-state index contributed by atoms with van der Waals surface area (Å²) < 4.78 is 1.87.